The van der Waals surface area contributed by atoms with Crippen LogP contribution < -0.4 is 16.0 Å². The van der Waals surface area contributed by atoms with Crippen molar-refractivity contribution >= 4 is 29.0 Å². The first kappa shape index (κ1) is 20.8. The van der Waals surface area contributed by atoms with Crippen molar-refractivity contribution in [1.29, 1.82) is 0 Å². The van der Waals surface area contributed by atoms with Crippen molar-refractivity contribution in [2.45, 2.75) is 6.42 Å². The number of benzene rings is 2. The Bertz CT molecular complexity index is 1170. The fraction of sp³-hybridized carbons (Fsp3) is 0.280. The van der Waals surface area contributed by atoms with E-state index in [1.165, 1.54) is 5.69 Å². The number of carbonyl (C=O) groups excluding carboxylic acids is 1. The molecule has 0 unspecified atom stereocenters. The number of rotatable bonds is 3. The quantitative estimate of drug-likeness (QED) is 0.640. The summed E-state index contributed by atoms with van der Waals surface area (Å²) >= 11 is 6.47. The van der Waals surface area contributed by atoms with Crippen LogP contribution in [0.2, 0.25) is 5.02 Å². The van der Waals surface area contributed by atoms with Crippen LogP contribution >= 0.6 is 11.6 Å². The second kappa shape index (κ2) is 8.45. The second-order valence-electron chi connectivity index (χ2n) is 8.49. The van der Waals surface area contributed by atoms with E-state index >= 15 is 0 Å². The maximum Gasteiger partial charge on any atom is 0.253 e. The summed E-state index contributed by atoms with van der Waals surface area (Å²) in [4.78, 5) is 21.4. The Balaban J connectivity index is 1.46. The minimum Gasteiger partial charge on any atom is -0.383 e. The number of nitrogens with one attached hydrogen (secondary N) is 1. The van der Waals surface area contributed by atoms with Crippen molar-refractivity contribution in [3.05, 3.63) is 64.8 Å². The molecule has 32 heavy (non-hydrogen) atoms. The van der Waals surface area contributed by atoms with Crippen molar-refractivity contribution in [3.8, 4) is 22.3 Å². The lowest BCUT2D eigenvalue weighted by molar-refractivity contribution is 0.0946. The highest BCUT2D eigenvalue weighted by atomic mass is 35.5. The first-order valence-electron chi connectivity index (χ1n) is 10.9. The van der Waals surface area contributed by atoms with E-state index in [4.69, 9.17) is 17.3 Å². The average molecular weight is 448 g/mol. The van der Waals surface area contributed by atoms with E-state index < -0.39 is 0 Å². The summed E-state index contributed by atoms with van der Waals surface area (Å²) in [7, 11) is 2.16. The van der Waals surface area contributed by atoms with Gasteiger partial charge in [0.2, 0.25) is 0 Å². The van der Waals surface area contributed by atoms with Gasteiger partial charge in [0.15, 0.2) is 0 Å². The summed E-state index contributed by atoms with van der Waals surface area (Å²) in [6.07, 6.45) is 2.55. The molecule has 2 aliphatic rings. The first-order valence-corrected chi connectivity index (χ1v) is 11.3. The standard InChI is InChI=1S/C25H26ClN5O/c1-30-8-10-31(11-9-30)20-4-2-16(3-5-20)19-13-21(24(27)29-15-19)18-12-17-6-7-28-25(32)23(17)22(26)14-18/h2-5,12-15H,6-11H2,1H3,(H2,27,29)(H,28,32). The van der Waals surface area contributed by atoms with Crippen molar-refractivity contribution < 1.29 is 4.79 Å². The van der Waals surface area contributed by atoms with Gasteiger partial charge in [-0.2, -0.15) is 0 Å². The van der Waals surface area contributed by atoms with Crippen LogP contribution in [0.4, 0.5) is 11.5 Å². The number of aromatic nitrogens is 1. The van der Waals surface area contributed by atoms with E-state index in [1.807, 2.05) is 12.1 Å². The SMILES string of the molecule is CN1CCN(c2ccc(-c3cnc(N)c(-c4cc(Cl)c5c(c4)CCNC5=O)c3)cc2)CC1. The Kier molecular flexibility index (Phi) is 5.49. The van der Waals surface area contributed by atoms with E-state index in [2.05, 4.69) is 51.4 Å². The van der Waals surface area contributed by atoms with Crippen molar-refractivity contribution in [3.63, 3.8) is 0 Å². The molecule has 1 aromatic heterocycles. The number of amides is 1. The summed E-state index contributed by atoms with van der Waals surface area (Å²) < 4.78 is 0. The van der Waals surface area contributed by atoms with Crippen LogP contribution in [-0.2, 0) is 6.42 Å². The van der Waals surface area contributed by atoms with E-state index in [0.717, 1.165) is 60.4 Å². The molecule has 0 bridgehead atoms. The van der Waals surface area contributed by atoms with E-state index in [1.54, 1.807) is 12.3 Å². The van der Waals surface area contributed by atoms with Gasteiger partial charge in [0.1, 0.15) is 5.82 Å². The molecule has 2 aromatic carbocycles. The van der Waals surface area contributed by atoms with Crippen molar-refractivity contribution in [1.82, 2.24) is 15.2 Å². The molecule has 1 amide bonds. The van der Waals surface area contributed by atoms with Crippen molar-refractivity contribution in [2.24, 2.45) is 0 Å². The summed E-state index contributed by atoms with van der Waals surface area (Å²) in [6.45, 7) is 4.86. The van der Waals surface area contributed by atoms with Gasteiger partial charge in [0.05, 0.1) is 10.6 Å². The molecule has 0 spiro atoms. The Morgan fingerprint density at radius 3 is 2.50 bits per heavy atom. The van der Waals surface area contributed by atoms with Gasteiger partial charge in [0.25, 0.3) is 5.91 Å². The number of hydrogen-bond donors (Lipinski definition) is 2. The largest absolute Gasteiger partial charge is 0.383 e. The van der Waals surface area contributed by atoms with Crippen LogP contribution in [0.1, 0.15) is 15.9 Å². The molecule has 164 valence electrons. The number of nitrogens with zero attached hydrogens (tertiary/aromatic N) is 3. The van der Waals surface area contributed by atoms with Crippen LogP contribution in [0.15, 0.2) is 48.7 Å². The number of nitrogens with two attached hydrogens (primary N) is 1. The summed E-state index contributed by atoms with van der Waals surface area (Å²) in [5.41, 5.74) is 12.8. The third-order valence-electron chi connectivity index (χ3n) is 6.38. The second-order valence-corrected chi connectivity index (χ2v) is 8.90. The van der Waals surface area contributed by atoms with Crippen LogP contribution in [0, 0.1) is 0 Å². The van der Waals surface area contributed by atoms with Gasteiger partial charge in [-0.3, -0.25) is 4.79 Å². The molecule has 3 heterocycles. The molecule has 0 aliphatic carbocycles. The molecule has 0 atom stereocenters. The highest BCUT2D eigenvalue weighted by molar-refractivity contribution is 6.34. The molecular formula is C25H26ClN5O. The van der Waals surface area contributed by atoms with Crippen LogP contribution in [0.5, 0.6) is 0 Å². The van der Waals surface area contributed by atoms with Gasteiger partial charge >= 0.3 is 0 Å². The van der Waals surface area contributed by atoms with Crippen molar-refractivity contribution in [2.75, 3.05) is 50.4 Å². The molecule has 1 saturated heterocycles. The van der Waals surface area contributed by atoms with E-state index in [9.17, 15) is 4.79 Å². The minimum atomic E-state index is -0.122. The number of pyridine rings is 1. The van der Waals surface area contributed by atoms with Gasteiger partial charge in [-0.25, -0.2) is 4.98 Å². The molecule has 0 saturated carbocycles. The highest BCUT2D eigenvalue weighted by Gasteiger charge is 2.22. The summed E-state index contributed by atoms with van der Waals surface area (Å²) in [5.74, 6) is 0.321. The van der Waals surface area contributed by atoms with Crippen LogP contribution in [0.25, 0.3) is 22.3 Å². The lowest BCUT2D eigenvalue weighted by atomic mass is 9.94. The van der Waals surface area contributed by atoms with Crippen LogP contribution in [-0.4, -0.2) is 55.6 Å². The maximum absolute atomic E-state index is 12.2. The minimum absolute atomic E-state index is 0.122. The van der Waals surface area contributed by atoms with Gasteiger partial charge in [-0.15, -0.1) is 0 Å². The number of fused-ring (bicyclic) bond motifs is 1. The third-order valence-corrected chi connectivity index (χ3v) is 6.68. The Morgan fingerprint density at radius 2 is 1.75 bits per heavy atom. The van der Waals surface area contributed by atoms with Gasteiger partial charge in [-0.05, 0) is 54.4 Å². The number of likely N-dealkylation sites (N-methyl/N-ethyl adjacent to an activating group) is 1. The fourth-order valence-electron chi connectivity index (χ4n) is 4.46. The number of nitrogen functional groups attached to an aromatic ring is 1. The molecule has 0 radical (unpaired) electrons. The third kappa shape index (κ3) is 3.92. The molecule has 2 aliphatic heterocycles. The van der Waals surface area contributed by atoms with Gasteiger partial charge in [-0.1, -0.05) is 29.8 Å². The zero-order valence-electron chi connectivity index (χ0n) is 18.1. The Morgan fingerprint density at radius 1 is 1.00 bits per heavy atom. The molecule has 5 rings (SSSR count). The molecule has 6 nitrogen and oxygen atoms in total. The highest BCUT2D eigenvalue weighted by Crippen LogP contribution is 2.35. The van der Waals surface area contributed by atoms with Gasteiger partial charge in [0, 0.05) is 55.7 Å². The molecule has 3 N–H and O–H groups in total. The zero-order valence-corrected chi connectivity index (χ0v) is 18.8. The lowest BCUT2D eigenvalue weighted by Crippen LogP contribution is -2.44. The van der Waals surface area contributed by atoms with Gasteiger partial charge < -0.3 is 20.9 Å². The lowest BCUT2D eigenvalue weighted by Gasteiger charge is -2.34. The molecular weight excluding hydrogens is 422 g/mol. The predicted octanol–water partition coefficient (Wildman–Crippen LogP) is 3.69. The zero-order chi connectivity index (χ0) is 22.2. The Labute approximate surface area is 193 Å². The van der Waals surface area contributed by atoms with Crippen LogP contribution in [0.3, 0.4) is 0 Å². The first-order chi connectivity index (χ1) is 15.5. The number of anilines is 2. The Hall–Kier alpha value is -3.09. The number of hydrogen-bond acceptors (Lipinski definition) is 5. The predicted molar refractivity (Wildman–Crippen MR) is 130 cm³/mol. The molecule has 1 fully saturated rings. The molecule has 3 aromatic rings. The summed E-state index contributed by atoms with van der Waals surface area (Å²) in [5, 5.41) is 3.29. The van der Waals surface area contributed by atoms with E-state index in [0.29, 0.717) is 22.9 Å². The number of halogens is 1. The normalized spacial score (nSPS) is 16.6. The molecule has 7 heteroatoms. The number of piperazine rings is 1. The average Bonchev–Trinajstić information content (AvgIpc) is 2.80. The summed E-state index contributed by atoms with van der Waals surface area (Å²) in [6, 6.07) is 14.5. The fourth-order valence-corrected chi connectivity index (χ4v) is 4.79. The maximum atomic E-state index is 12.2. The topological polar surface area (TPSA) is 74.5 Å². The monoisotopic (exact) mass is 447 g/mol. The number of carbonyl (C=O) groups is 1. The van der Waals surface area contributed by atoms with E-state index in [-0.39, 0.29) is 5.91 Å². The smallest absolute Gasteiger partial charge is 0.253 e.